The summed E-state index contributed by atoms with van der Waals surface area (Å²) >= 11 is 5.92. The van der Waals surface area contributed by atoms with Crippen molar-refractivity contribution in [2.24, 2.45) is 0 Å². The molecular formula is C8H12ClN3. The minimum atomic E-state index is 0.496. The number of nitrogen functional groups attached to an aromatic ring is 1. The van der Waals surface area contributed by atoms with Crippen LogP contribution in [-0.4, -0.2) is 9.78 Å². The summed E-state index contributed by atoms with van der Waals surface area (Å²) < 4.78 is 1.86. The van der Waals surface area contributed by atoms with Crippen LogP contribution in [0.5, 0.6) is 0 Å². The van der Waals surface area contributed by atoms with Gasteiger partial charge in [0.15, 0.2) is 0 Å². The molecule has 0 spiro atoms. The molecule has 1 aliphatic rings. The van der Waals surface area contributed by atoms with E-state index >= 15 is 0 Å². The fourth-order valence-corrected chi connectivity index (χ4v) is 1.58. The predicted octanol–water partition coefficient (Wildman–Crippen LogP) is 2.15. The molecule has 0 bridgehead atoms. The first kappa shape index (κ1) is 7.92. The van der Waals surface area contributed by atoms with Crippen LogP contribution >= 0.6 is 11.6 Å². The molecule has 1 saturated carbocycles. The van der Waals surface area contributed by atoms with Gasteiger partial charge in [-0.05, 0) is 26.2 Å². The standard InChI is InChI=1S/C8H12ClN3/c1-5-7(9)8(10)12(11-5)6-3-2-4-6/h6H,2-4,10H2,1H3. The number of aromatic nitrogens is 2. The van der Waals surface area contributed by atoms with E-state index in [1.165, 1.54) is 19.3 Å². The van der Waals surface area contributed by atoms with Crippen molar-refractivity contribution in [3.05, 3.63) is 10.7 Å². The summed E-state index contributed by atoms with van der Waals surface area (Å²) in [5.41, 5.74) is 6.62. The number of hydrogen-bond acceptors (Lipinski definition) is 2. The van der Waals surface area contributed by atoms with Crippen LogP contribution < -0.4 is 5.73 Å². The molecule has 1 aromatic rings. The van der Waals surface area contributed by atoms with Crippen molar-refractivity contribution in [2.75, 3.05) is 5.73 Å². The van der Waals surface area contributed by atoms with Gasteiger partial charge >= 0.3 is 0 Å². The van der Waals surface area contributed by atoms with Crippen LogP contribution in [0.4, 0.5) is 5.82 Å². The molecule has 0 saturated heterocycles. The number of hydrogen-bond donors (Lipinski definition) is 1. The van der Waals surface area contributed by atoms with E-state index in [0.717, 1.165) is 5.69 Å². The highest BCUT2D eigenvalue weighted by Gasteiger charge is 2.23. The van der Waals surface area contributed by atoms with Gasteiger partial charge in [0, 0.05) is 0 Å². The van der Waals surface area contributed by atoms with E-state index in [0.29, 0.717) is 16.9 Å². The van der Waals surface area contributed by atoms with Crippen molar-refractivity contribution in [3.63, 3.8) is 0 Å². The fourth-order valence-electron chi connectivity index (χ4n) is 1.45. The molecule has 1 fully saturated rings. The maximum absolute atomic E-state index is 5.92. The lowest BCUT2D eigenvalue weighted by atomic mass is 9.93. The third kappa shape index (κ3) is 1.00. The van der Waals surface area contributed by atoms with E-state index in [2.05, 4.69) is 5.10 Å². The molecule has 0 aromatic carbocycles. The summed E-state index contributed by atoms with van der Waals surface area (Å²) in [6, 6.07) is 0.496. The van der Waals surface area contributed by atoms with Gasteiger partial charge in [-0.25, -0.2) is 4.68 Å². The first-order valence-electron chi connectivity index (χ1n) is 4.20. The molecule has 3 nitrogen and oxygen atoms in total. The van der Waals surface area contributed by atoms with Crippen LogP contribution in [0.25, 0.3) is 0 Å². The summed E-state index contributed by atoms with van der Waals surface area (Å²) in [5, 5.41) is 4.90. The van der Waals surface area contributed by atoms with Gasteiger partial charge in [0.25, 0.3) is 0 Å². The van der Waals surface area contributed by atoms with Crippen LogP contribution in [0, 0.1) is 6.92 Å². The summed E-state index contributed by atoms with van der Waals surface area (Å²) in [4.78, 5) is 0. The van der Waals surface area contributed by atoms with Gasteiger partial charge in [0.1, 0.15) is 10.8 Å². The summed E-state index contributed by atoms with van der Waals surface area (Å²) in [6.45, 7) is 1.88. The number of nitrogens with zero attached hydrogens (tertiary/aromatic N) is 2. The van der Waals surface area contributed by atoms with Crippen molar-refractivity contribution in [3.8, 4) is 0 Å². The molecular weight excluding hydrogens is 174 g/mol. The Kier molecular flexibility index (Phi) is 1.76. The van der Waals surface area contributed by atoms with Crippen molar-refractivity contribution in [2.45, 2.75) is 32.2 Å². The minimum absolute atomic E-state index is 0.496. The Morgan fingerprint density at radius 3 is 2.58 bits per heavy atom. The lowest BCUT2D eigenvalue weighted by molar-refractivity contribution is 0.292. The number of nitrogens with two attached hydrogens (primary N) is 1. The van der Waals surface area contributed by atoms with E-state index < -0.39 is 0 Å². The molecule has 2 N–H and O–H groups in total. The van der Waals surface area contributed by atoms with Crippen LogP contribution in [0.1, 0.15) is 31.0 Å². The smallest absolute Gasteiger partial charge is 0.141 e. The topological polar surface area (TPSA) is 43.8 Å². The van der Waals surface area contributed by atoms with Gasteiger partial charge < -0.3 is 5.73 Å². The van der Waals surface area contributed by atoms with E-state index in [-0.39, 0.29) is 0 Å². The number of anilines is 1. The van der Waals surface area contributed by atoms with Gasteiger partial charge in [-0.1, -0.05) is 11.6 Å². The summed E-state index contributed by atoms with van der Waals surface area (Å²) in [7, 11) is 0. The average Bonchev–Trinajstić information content (AvgIpc) is 2.15. The first-order chi connectivity index (χ1) is 5.70. The Hall–Kier alpha value is -0.700. The zero-order valence-electron chi connectivity index (χ0n) is 7.05. The van der Waals surface area contributed by atoms with Crippen LogP contribution in [0.15, 0.2) is 0 Å². The quantitative estimate of drug-likeness (QED) is 0.729. The third-order valence-electron chi connectivity index (χ3n) is 2.47. The Morgan fingerprint density at radius 2 is 2.25 bits per heavy atom. The molecule has 0 amide bonds. The number of rotatable bonds is 1. The second-order valence-electron chi connectivity index (χ2n) is 3.31. The highest BCUT2D eigenvalue weighted by molar-refractivity contribution is 6.33. The van der Waals surface area contributed by atoms with E-state index in [4.69, 9.17) is 17.3 Å². The van der Waals surface area contributed by atoms with Crippen molar-refractivity contribution in [1.29, 1.82) is 0 Å². The molecule has 1 aliphatic carbocycles. The molecule has 4 heteroatoms. The Bertz CT molecular complexity index is 301. The summed E-state index contributed by atoms with van der Waals surface area (Å²) in [6.07, 6.45) is 3.64. The Labute approximate surface area is 76.5 Å². The molecule has 0 atom stereocenters. The lowest BCUT2D eigenvalue weighted by Gasteiger charge is -2.26. The highest BCUT2D eigenvalue weighted by Crippen LogP contribution is 2.35. The van der Waals surface area contributed by atoms with E-state index in [1.807, 2.05) is 11.6 Å². The zero-order chi connectivity index (χ0) is 8.72. The van der Waals surface area contributed by atoms with Gasteiger partial charge in [0.05, 0.1) is 11.7 Å². The molecule has 0 unspecified atom stereocenters. The number of aryl methyl sites for hydroxylation is 1. The maximum atomic E-state index is 5.92. The first-order valence-corrected chi connectivity index (χ1v) is 4.58. The molecule has 0 radical (unpaired) electrons. The van der Waals surface area contributed by atoms with Gasteiger partial charge in [-0.15, -0.1) is 0 Å². The monoisotopic (exact) mass is 185 g/mol. The second-order valence-corrected chi connectivity index (χ2v) is 3.69. The van der Waals surface area contributed by atoms with Gasteiger partial charge in [-0.3, -0.25) is 0 Å². The van der Waals surface area contributed by atoms with Gasteiger partial charge in [0.2, 0.25) is 0 Å². The normalized spacial score (nSPS) is 17.8. The Balaban J connectivity index is 2.36. The zero-order valence-corrected chi connectivity index (χ0v) is 7.80. The van der Waals surface area contributed by atoms with Gasteiger partial charge in [-0.2, -0.15) is 5.10 Å². The lowest BCUT2D eigenvalue weighted by Crippen LogP contribution is -2.19. The second kappa shape index (κ2) is 2.66. The van der Waals surface area contributed by atoms with Crippen LogP contribution in [0.2, 0.25) is 5.02 Å². The molecule has 0 aliphatic heterocycles. The average molecular weight is 186 g/mol. The van der Waals surface area contributed by atoms with Crippen molar-refractivity contribution in [1.82, 2.24) is 9.78 Å². The van der Waals surface area contributed by atoms with Crippen molar-refractivity contribution < 1.29 is 0 Å². The molecule has 12 heavy (non-hydrogen) atoms. The van der Waals surface area contributed by atoms with Crippen molar-refractivity contribution >= 4 is 17.4 Å². The van der Waals surface area contributed by atoms with E-state index in [1.54, 1.807) is 0 Å². The maximum Gasteiger partial charge on any atom is 0.141 e. The molecule has 1 heterocycles. The molecule has 1 aromatic heterocycles. The van der Waals surface area contributed by atoms with Crippen LogP contribution in [-0.2, 0) is 0 Å². The largest absolute Gasteiger partial charge is 0.383 e. The van der Waals surface area contributed by atoms with E-state index in [9.17, 15) is 0 Å². The highest BCUT2D eigenvalue weighted by atomic mass is 35.5. The molecule has 2 rings (SSSR count). The minimum Gasteiger partial charge on any atom is -0.383 e. The number of halogens is 1. The fraction of sp³-hybridized carbons (Fsp3) is 0.625. The predicted molar refractivity (Wildman–Crippen MR) is 49.3 cm³/mol. The summed E-state index contributed by atoms with van der Waals surface area (Å²) in [5.74, 6) is 0.624. The Morgan fingerprint density at radius 1 is 1.58 bits per heavy atom. The molecule has 66 valence electrons. The third-order valence-corrected chi connectivity index (χ3v) is 2.93. The SMILES string of the molecule is Cc1nn(C2CCC2)c(N)c1Cl. The van der Waals surface area contributed by atoms with Crippen LogP contribution in [0.3, 0.4) is 0 Å².